The molecule has 0 aromatic rings. The van der Waals surface area contributed by atoms with Gasteiger partial charge in [0.1, 0.15) is 0 Å². The number of nitrogens with one attached hydrogen (secondary N) is 1. The molecular weight excluding hydrogens is 216 g/mol. The van der Waals surface area contributed by atoms with Crippen LogP contribution < -0.4 is 5.32 Å². The molecule has 2 nitrogen and oxygen atoms in total. The van der Waals surface area contributed by atoms with Crippen molar-refractivity contribution in [2.45, 2.75) is 76.1 Å². The van der Waals surface area contributed by atoms with E-state index < -0.39 is 0 Å². The lowest BCUT2D eigenvalue weighted by atomic mass is 10.1. The van der Waals surface area contributed by atoms with Crippen LogP contribution in [0.4, 0.5) is 0 Å². The summed E-state index contributed by atoms with van der Waals surface area (Å²) in [4.78, 5) is 4.92. The average Bonchev–Trinajstić information content (AvgIpc) is 2.44. The molecule has 0 bridgehead atoms. The van der Waals surface area contributed by atoms with Crippen molar-refractivity contribution in [1.82, 2.24) is 5.32 Å². The molecule has 1 heterocycles. The highest BCUT2D eigenvalue weighted by Crippen LogP contribution is 2.25. The van der Waals surface area contributed by atoms with Gasteiger partial charge >= 0.3 is 0 Å². The van der Waals surface area contributed by atoms with Crippen molar-refractivity contribution >= 4 is 16.9 Å². The summed E-state index contributed by atoms with van der Waals surface area (Å²) < 4.78 is 0. The zero-order valence-corrected chi connectivity index (χ0v) is 11.4. The predicted molar refractivity (Wildman–Crippen MR) is 73.2 cm³/mol. The molecule has 2 fully saturated rings. The minimum Gasteiger partial charge on any atom is -0.362 e. The molecule has 0 spiro atoms. The number of rotatable bonds is 1. The standard InChI is InChI=1S/C13H24N2S/c1-10-9-11(2)16-13(14-10)15-12-7-5-3-4-6-8-12/h10-12H,3-9H2,1-2H3,(H,14,15). The summed E-state index contributed by atoms with van der Waals surface area (Å²) in [7, 11) is 0. The highest BCUT2D eigenvalue weighted by atomic mass is 32.2. The van der Waals surface area contributed by atoms with E-state index in [-0.39, 0.29) is 0 Å². The van der Waals surface area contributed by atoms with Crippen molar-refractivity contribution in [2.24, 2.45) is 4.99 Å². The van der Waals surface area contributed by atoms with Crippen LogP contribution in [0.1, 0.15) is 58.8 Å². The van der Waals surface area contributed by atoms with Gasteiger partial charge in [-0.1, -0.05) is 44.4 Å². The Morgan fingerprint density at radius 2 is 1.81 bits per heavy atom. The fourth-order valence-electron chi connectivity index (χ4n) is 2.66. The molecule has 92 valence electrons. The molecule has 0 aromatic carbocycles. The Balaban J connectivity index is 1.93. The van der Waals surface area contributed by atoms with Gasteiger partial charge in [-0.25, -0.2) is 0 Å². The molecule has 1 saturated heterocycles. The topological polar surface area (TPSA) is 24.4 Å². The second kappa shape index (κ2) is 5.95. The van der Waals surface area contributed by atoms with Crippen LogP contribution in [-0.2, 0) is 0 Å². The van der Waals surface area contributed by atoms with Crippen LogP contribution >= 0.6 is 11.8 Å². The number of thioether (sulfide) groups is 1. The minimum atomic E-state index is 0.593. The summed E-state index contributed by atoms with van der Waals surface area (Å²) in [6.07, 6.45) is 9.43. The van der Waals surface area contributed by atoms with E-state index in [4.69, 9.17) is 4.99 Å². The third-order valence-electron chi connectivity index (χ3n) is 3.49. The van der Waals surface area contributed by atoms with Crippen molar-refractivity contribution < 1.29 is 0 Å². The second-order valence-corrected chi connectivity index (χ2v) is 6.72. The maximum absolute atomic E-state index is 4.92. The van der Waals surface area contributed by atoms with Gasteiger partial charge < -0.3 is 5.32 Å². The molecular formula is C13H24N2S. The number of aliphatic imine (C=N–C) groups is 1. The number of amidine groups is 1. The van der Waals surface area contributed by atoms with Crippen molar-refractivity contribution in [2.75, 3.05) is 0 Å². The first-order chi connectivity index (χ1) is 7.74. The summed E-state index contributed by atoms with van der Waals surface area (Å²) in [5.41, 5.74) is 0. The Morgan fingerprint density at radius 1 is 1.12 bits per heavy atom. The van der Waals surface area contributed by atoms with Gasteiger partial charge in [0.15, 0.2) is 5.17 Å². The summed E-state index contributed by atoms with van der Waals surface area (Å²) in [5.74, 6) is 0. The lowest BCUT2D eigenvalue weighted by Gasteiger charge is -2.27. The van der Waals surface area contributed by atoms with E-state index in [0.717, 1.165) is 5.25 Å². The summed E-state index contributed by atoms with van der Waals surface area (Å²) in [6, 6.07) is 1.19. The van der Waals surface area contributed by atoms with Crippen molar-refractivity contribution in [1.29, 1.82) is 0 Å². The molecule has 1 N–H and O–H groups in total. The van der Waals surface area contributed by atoms with Crippen molar-refractivity contribution in [3.8, 4) is 0 Å². The van der Waals surface area contributed by atoms with Gasteiger partial charge in [0, 0.05) is 11.3 Å². The van der Waals surface area contributed by atoms with E-state index in [1.54, 1.807) is 0 Å². The molecule has 0 amide bonds. The van der Waals surface area contributed by atoms with Crippen LogP contribution in [0.15, 0.2) is 4.99 Å². The first kappa shape index (κ1) is 12.3. The van der Waals surface area contributed by atoms with Crippen LogP contribution in [-0.4, -0.2) is 22.5 Å². The molecule has 2 rings (SSSR count). The van der Waals surface area contributed by atoms with E-state index >= 15 is 0 Å². The van der Waals surface area contributed by atoms with Gasteiger partial charge in [-0.15, -0.1) is 0 Å². The molecule has 2 atom stereocenters. The third-order valence-corrected chi connectivity index (χ3v) is 4.53. The molecule has 16 heavy (non-hydrogen) atoms. The molecule has 3 heteroatoms. The quantitative estimate of drug-likeness (QED) is 0.709. The fourth-order valence-corrected chi connectivity index (χ4v) is 3.91. The van der Waals surface area contributed by atoms with E-state index in [1.165, 1.54) is 50.1 Å². The van der Waals surface area contributed by atoms with Gasteiger partial charge in [0.25, 0.3) is 0 Å². The summed E-state index contributed by atoms with van der Waals surface area (Å²) >= 11 is 1.93. The Hall–Kier alpha value is -0.180. The highest BCUT2D eigenvalue weighted by Gasteiger charge is 2.21. The maximum atomic E-state index is 4.92. The first-order valence-electron chi connectivity index (χ1n) is 6.75. The monoisotopic (exact) mass is 240 g/mol. The number of hydrogen-bond donors (Lipinski definition) is 1. The van der Waals surface area contributed by atoms with Crippen LogP contribution in [0.25, 0.3) is 0 Å². The van der Waals surface area contributed by atoms with E-state index in [2.05, 4.69) is 19.2 Å². The van der Waals surface area contributed by atoms with Crippen LogP contribution in [0.5, 0.6) is 0 Å². The Morgan fingerprint density at radius 3 is 2.44 bits per heavy atom. The lowest BCUT2D eigenvalue weighted by Crippen LogP contribution is -2.39. The van der Waals surface area contributed by atoms with Gasteiger partial charge in [-0.2, -0.15) is 0 Å². The molecule has 2 aliphatic rings. The van der Waals surface area contributed by atoms with Crippen LogP contribution in [0, 0.1) is 0 Å². The Labute approximate surface area is 104 Å². The van der Waals surface area contributed by atoms with Gasteiger partial charge in [0.05, 0.1) is 6.04 Å². The molecule has 0 aromatic heterocycles. The second-order valence-electron chi connectivity index (χ2n) is 5.29. The first-order valence-corrected chi connectivity index (χ1v) is 7.63. The normalized spacial score (nSPS) is 35.8. The van der Waals surface area contributed by atoms with Crippen molar-refractivity contribution in [3.05, 3.63) is 0 Å². The fraction of sp³-hybridized carbons (Fsp3) is 0.923. The van der Waals surface area contributed by atoms with E-state index in [0.29, 0.717) is 12.1 Å². The Bertz CT molecular complexity index is 232. The largest absolute Gasteiger partial charge is 0.362 e. The van der Waals surface area contributed by atoms with Gasteiger partial charge in [-0.3, -0.25) is 4.99 Å². The lowest BCUT2D eigenvalue weighted by molar-refractivity contribution is 0.567. The average molecular weight is 240 g/mol. The van der Waals surface area contributed by atoms with Crippen LogP contribution in [0.3, 0.4) is 0 Å². The Kier molecular flexibility index (Phi) is 4.56. The molecule has 1 aliphatic heterocycles. The third kappa shape index (κ3) is 3.69. The zero-order chi connectivity index (χ0) is 11.4. The minimum absolute atomic E-state index is 0.593. The molecule has 2 unspecified atom stereocenters. The van der Waals surface area contributed by atoms with E-state index in [9.17, 15) is 0 Å². The van der Waals surface area contributed by atoms with E-state index in [1.807, 2.05) is 11.8 Å². The van der Waals surface area contributed by atoms with Crippen molar-refractivity contribution in [3.63, 3.8) is 0 Å². The number of hydrogen-bond acceptors (Lipinski definition) is 2. The molecule has 1 saturated carbocycles. The maximum Gasteiger partial charge on any atom is 0.157 e. The van der Waals surface area contributed by atoms with Gasteiger partial charge in [0.2, 0.25) is 0 Å². The predicted octanol–water partition coefficient (Wildman–Crippen LogP) is 3.57. The molecule has 1 aliphatic carbocycles. The highest BCUT2D eigenvalue weighted by molar-refractivity contribution is 8.14. The van der Waals surface area contributed by atoms with Crippen LogP contribution in [0.2, 0.25) is 0 Å². The SMILES string of the molecule is CC1CC(C)SC(=NC2CCCCCC2)N1. The zero-order valence-electron chi connectivity index (χ0n) is 10.5. The number of nitrogens with zero attached hydrogens (tertiary/aromatic N) is 1. The smallest absolute Gasteiger partial charge is 0.157 e. The summed E-state index contributed by atoms with van der Waals surface area (Å²) in [5, 5.41) is 5.46. The van der Waals surface area contributed by atoms with Gasteiger partial charge in [-0.05, 0) is 26.2 Å². The summed E-state index contributed by atoms with van der Waals surface area (Å²) in [6.45, 7) is 4.57. The molecule has 0 radical (unpaired) electrons.